The molecule has 1 aliphatic carbocycles. The fourth-order valence-corrected chi connectivity index (χ4v) is 3.35. The Hall–Kier alpha value is -2.42. The first-order valence-corrected chi connectivity index (χ1v) is 8.92. The summed E-state index contributed by atoms with van der Waals surface area (Å²) in [6, 6.07) is 15.2. The van der Waals surface area contributed by atoms with Gasteiger partial charge in [-0.2, -0.15) is 0 Å². The SMILES string of the molecule is Cc1ccc(OC(=O)C2CCC(C(=O)c3ccc(C)cc3)CC2)cc1. The van der Waals surface area contributed by atoms with Crippen molar-refractivity contribution in [2.75, 3.05) is 0 Å². The first-order valence-electron chi connectivity index (χ1n) is 8.92. The average molecular weight is 336 g/mol. The molecule has 0 saturated heterocycles. The van der Waals surface area contributed by atoms with E-state index >= 15 is 0 Å². The lowest BCUT2D eigenvalue weighted by molar-refractivity contribution is -0.140. The molecule has 25 heavy (non-hydrogen) atoms. The summed E-state index contributed by atoms with van der Waals surface area (Å²) in [7, 11) is 0. The highest BCUT2D eigenvalue weighted by atomic mass is 16.5. The van der Waals surface area contributed by atoms with E-state index in [1.807, 2.05) is 62.4 Å². The van der Waals surface area contributed by atoms with E-state index in [-0.39, 0.29) is 23.6 Å². The predicted molar refractivity (Wildman–Crippen MR) is 97.8 cm³/mol. The molecule has 0 aliphatic heterocycles. The quantitative estimate of drug-likeness (QED) is 0.453. The van der Waals surface area contributed by atoms with E-state index < -0.39 is 0 Å². The lowest BCUT2D eigenvalue weighted by Gasteiger charge is -2.26. The van der Waals surface area contributed by atoms with Gasteiger partial charge in [-0.15, -0.1) is 0 Å². The number of Topliss-reactive ketones (excluding diaryl/α,β-unsaturated/α-hetero) is 1. The number of carbonyl (C=O) groups is 2. The predicted octanol–water partition coefficient (Wildman–Crippen LogP) is 4.90. The number of aryl methyl sites for hydroxylation is 2. The van der Waals surface area contributed by atoms with Gasteiger partial charge in [0.05, 0.1) is 5.92 Å². The Morgan fingerprint density at radius 1 is 0.760 bits per heavy atom. The van der Waals surface area contributed by atoms with Crippen LogP contribution in [0.2, 0.25) is 0 Å². The van der Waals surface area contributed by atoms with Crippen molar-refractivity contribution in [3.8, 4) is 5.75 Å². The highest BCUT2D eigenvalue weighted by molar-refractivity contribution is 5.98. The Morgan fingerprint density at radius 3 is 1.80 bits per heavy atom. The van der Waals surface area contributed by atoms with Gasteiger partial charge in [-0.1, -0.05) is 47.5 Å². The number of ether oxygens (including phenoxy) is 1. The molecule has 0 spiro atoms. The third kappa shape index (κ3) is 4.36. The number of esters is 1. The molecule has 0 amide bonds. The van der Waals surface area contributed by atoms with E-state index in [0.29, 0.717) is 18.6 Å². The fourth-order valence-electron chi connectivity index (χ4n) is 3.35. The smallest absolute Gasteiger partial charge is 0.314 e. The third-order valence-electron chi connectivity index (χ3n) is 5.01. The van der Waals surface area contributed by atoms with Crippen LogP contribution in [0.3, 0.4) is 0 Å². The molecule has 2 aromatic rings. The van der Waals surface area contributed by atoms with Gasteiger partial charge in [0.15, 0.2) is 5.78 Å². The second-order valence-corrected chi connectivity index (χ2v) is 7.01. The van der Waals surface area contributed by atoms with Gasteiger partial charge in [-0.05, 0) is 51.7 Å². The highest BCUT2D eigenvalue weighted by Crippen LogP contribution is 2.32. The van der Waals surface area contributed by atoms with Crippen molar-refractivity contribution < 1.29 is 14.3 Å². The highest BCUT2D eigenvalue weighted by Gasteiger charge is 2.31. The molecule has 2 aromatic carbocycles. The second-order valence-electron chi connectivity index (χ2n) is 7.01. The Kier molecular flexibility index (Phi) is 5.32. The van der Waals surface area contributed by atoms with Crippen LogP contribution in [-0.2, 0) is 4.79 Å². The molecule has 3 heteroatoms. The normalized spacial score (nSPS) is 20.1. The van der Waals surface area contributed by atoms with Gasteiger partial charge in [-0.3, -0.25) is 9.59 Å². The Labute approximate surface area is 149 Å². The van der Waals surface area contributed by atoms with E-state index in [4.69, 9.17) is 4.74 Å². The third-order valence-corrected chi connectivity index (χ3v) is 5.01. The van der Waals surface area contributed by atoms with Crippen molar-refractivity contribution in [2.24, 2.45) is 11.8 Å². The minimum Gasteiger partial charge on any atom is -0.426 e. The van der Waals surface area contributed by atoms with Crippen molar-refractivity contribution in [1.29, 1.82) is 0 Å². The molecule has 0 unspecified atom stereocenters. The van der Waals surface area contributed by atoms with Crippen LogP contribution in [0.1, 0.15) is 47.2 Å². The lowest BCUT2D eigenvalue weighted by atomic mass is 9.78. The van der Waals surface area contributed by atoms with E-state index in [9.17, 15) is 9.59 Å². The monoisotopic (exact) mass is 336 g/mol. The summed E-state index contributed by atoms with van der Waals surface area (Å²) in [4.78, 5) is 24.9. The van der Waals surface area contributed by atoms with Crippen molar-refractivity contribution in [3.63, 3.8) is 0 Å². The van der Waals surface area contributed by atoms with Crippen LogP contribution >= 0.6 is 0 Å². The molecule has 1 fully saturated rings. The summed E-state index contributed by atoms with van der Waals surface area (Å²) in [6.45, 7) is 4.01. The molecule has 130 valence electrons. The summed E-state index contributed by atoms with van der Waals surface area (Å²) < 4.78 is 5.48. The van der Waals surface area contributed by atoms with Crippen LogP contribution in [0.25, 0.3) is 0 Å². The molecule has 0 heterocycles. The van der Waals surface area contributed by atoms with Crippen LogP contribution in [0.4, 0.5) is 0 Å². The fraction of sp³-hybridized carbons (Fsp3) is 0.364. The second kappa shape index (κ2) is 7.64. The zero-order valence-electron chi connectivity index (χ0n) is 14.8. The van der Waals surface area contributed by atoms with Crippen molar-refractivity contribution in [1.82, 2.24) is 0 Å². The van der Waals surface area contributed by atoms with Crippen molar-refractivity contribution in [3.05, 3.63) is 65.2 Å². The van der Waals surface area contributed by atoms with Gasteiger partial charge in [0.25, 0.3) is 0 Å². The van der Waals surface area contributed by atoms with E-state index in [1.165, 1.54) is 0 Å². The first-order chi connectivity index (χ1) is 12.0. The van der Waals surface area contributed by atoms with Crippen LogP contribution in [-0.4, -0.2) is 11.8 Å². The van der Waals surface area contributed by atoms with Crippen LogP contribution in [0.15, 0.2) is 48.5 Å². The molecule has 0 radical (unpaired) electrons. The molecule has 0 N–H and O–H groups in total. The number of ketones is 1. The van der Waals surface area contributed by atoms with Crippen LogP contribution in [0, 0.1) is 25.7 Å². The molecule has 3 nitrogen and oxygen atoms in total. The van der Waals surface area contributed by atoms with Crippen molar-refractivity contribution in [2.45, 2.75) is 39.5 Å². The Bertz CT molecular complexity index is 736. The summed E-state index contributed by atoms with van der Waals surface area (Å²) in [5, 5.41) is 0. The van der Waals surface area contributed by atoms with Gasteiger partial charge >= 0.3 is 5.97 Å². The molecule has 0 bridgehead atoms. The Morgan fingerprint density at radius 2 is 1.24 bits per heavy atom. The number of benzene rings is 2. The molecular weight excluding hydrogens is 312 g/mol. The molecule has 1 aliphatic rings. The minimum atomic E-state index is -0.176. The number of hydrogen-bond acceptors (Lipinski definition) is 3. The molecular formula is C22H24O3. The lowest BCUT2D eigenvalue weighted by Crippen LogP contribution is -2.28. The largest absolute Gasteiger partial charge is 0.426 e. The van der Waals surface area contributed by atoms with Crippen LogP contribution in [0.5, 0.6) is 5.75 Å². The average Bonchev–Trinajstić information content (AvgIpc) is 2.64. The zero-order valence-corrected chi connectivity index (χ0v) is 14.8. The molecule has 0 atom stereocenters. The van der Waals surface area contributed by atoms with E-state index in [1.54, 1.807) is 0 Å². The zero-order chi connectivity index (χ0) is 17.8. The summed E-state index contributed by atoms with van der Waals surface area (Å²) in [6.07, 6.45) is 2.93. The number of hydrogen-bond donors (Lipinski definition) is 0. The van der Waals surface area contributed by atoms with Gasteiger partial charge in [-0.25, -0.2) is 0 Å². The number of carbonyl (C=O) groups excluding carboxylic acids is 2. The van der Waals surface area contributed by atoms with Crippen molar-refractivity contribution >= 4 is 11.8 Å². The topological polar surface area (TPSA) is 43.4 Å². The van der Waals surface area contributed by atoms with Gasteiger partial charge < -0.3 is 4.74 Å². The van der Waals surface area contributed by atoms with Crippen LogP contribution < -0.4 is 4.74 Å². The Balaban J connectivity index is 1.54. The van der Waals surface area contributed by atoms with Gasteiger partial charge in [0.1, 0.15) is 5.75 Å². The molecule has 0 aromatic heterocycles. The minimum absolute atomic E-state index is 0.0196. The summed E-state index contributed by atoms with van der Waals surface area (Å²) in [5.41, 5.74) is 3.06. The number of rotatable bonds is 4. The molecule has 1 saturated carbocycles. The maximum absolute atomic E-state index is 12.6. The summed E-state index contributed by atoms with van der Waals surface area (Å²) in [5.74, 6) is 0.526. The first kappa shape index (κ1) is 17.4. The molecule has 3 rings (SSSR count). The summed E-state index contributed by atoms with van der Waals surface area (Å²) >= 11 is 0. The maximum atomic E-state index is 12.6. The van der Waals surface area contributed by atoms with E-state index in [0.717, 1.165) is 29.5 Å². The van der Waals surface area contributed by atoms with Gasteiger partial charge in [0, 0.05) is 11.5 Å². The van der Waals surface area contributed by atoms with Gasteiger partial charge in [0.2, 0.25) is 0 Å². The standard InChI is InChI=1S/C22H24O3/c1-15-3-7-17(8-4-15)21(23)18-9-11-19(12-10-18)22(24)25-20-13-5-16(2)6-14-20/h3-8,13-14,18-19H,9-12H2,1-2H3. The maximum Gasteiger partial charge on any atom is 0.314 e. The van der Waals surface area contributed by atoms with E-state index in [2.05, 4.69) is 0 Å².